The molecule has 0 spiro atoms. The number of nitrogens with zero attached hydrogens (tertiary/aromatic N) is 1. The van der Waals surface area contributed by atoms with Gasteiger partial charge in [0, 0.05) is 10.4 Å². The van der Waals surface area contributed by atoms with E-state index in [4.69, 9.17) is 28.6 Å². The molecule has 3 aromatic rings. The summed E-state index contributed by atoms with van der Waals surface area (Å²) in [5.74, 6) is -0.300. The van der Waals surface area contributed by atoms with E-state index in [0.717, 1.165) is 27.6 Å². The number of nitrogens with one attached hydrogen (secondary N) is 1. The lowest BCUT2D eigenvalue weighted by molar-refractivity contribution is -0.122. The lowest BCUT2D eigenvalue weighted by Crippen LogP contribution is -2.54. The summed E-state index contributed by atoms with van der Waals surface area (Å²) in [5.41, 5.74) is 2.08. The number of fused-ring (bicyclic) bond motifs is 1. The highest BCUT2D eigenvalue weighted by atomic mass is 35.5. The highest BCUT2D eigenvalue weighted by Crippen LogP contribution is 2.31. The molecule has 2 amide bonds. The average molecular weight is 451 g/mol. The van der Waals surface area contributed by atoms with Crippen LogP contribution in [0.1, 0.15) is 18.1 Å². The van der Waals surface area contributed by atoms with Gasteiger partial charge in [0.15, 0.2) is 5.11 Å². The van der Waals surface area contributed by atoms with E-state index in [1.54, 1.807) is 24.3 Å². The molecule has 5 nitrogen and oxygen atoms in total. The van der Waals surface area contributed by atoms with Crippen LogP contribution in [0.15, 0.2) is 60.2 Å². The normalized spacial score (nSPS) is 15.5. The lowest BCUT2D eigenvalue weighted by atomic mass is 10.00. The summed E-state index contributed by atoms with van der Waals surface area (Å²) < 4.78 is 5.71. The van der Waals surface area contributed by atoms with Gasteiger partial charge in [-0.3, -0.25) is 19.8 Å². The molecule has 0 bridgehead atoms. The molecule has 1 fully saturated rings. The zero-order valence-corrected chi connectivity index (χ0v) is 18.5. The molecular formula is C24H19ClN2O3S. The number of halogens is 1. The van der Waals surface area contributed by atoms with Crippen molar-refractivity contribution in [3.05, 3.63) is 76.3 Å². The number of hydrogen-bond acceptors (Lipinski definition) is 4. The SMILES string of the molecule is CCOc1ccc(/C=C2\C(=O)NC(=S)N(c3ccc(C)c(Cl)c3)C2=O)c2ccccc12. The molecular weight excluding hydrogens is 432 g/mol. The van der Waals surface area contributed by atoms with Crippen LogP contribution >= 0.6 is 23.8 Å². The summed E-state index contributed by atoms with van der Waals surface area (Å²) in [6, 6.07) is 16.6. The van der Waals surface area contributed by atoms with Crippen molar-refractivity contribution in [1.82, 2.24) is 5.32 Å². The summed E-state index contributed by atoms with van der Waals surface area (Å²) in [6.45, 7) is 4.33. The van der Waals surface area contributed by atoms with Crippen LogP contribution in [0.2, 0.25) is 5.02 Å². The Morgan fingerprint density at radius 1 is 1.10 bits per heavy atom. The number of aryl methyl sites for hydroxylation is 1. The van der Waals surface area contributed by atoms with Gasteiger partial charge in [-0.15, -0.1) is 0 Å². The van der Waals surface area contributed by atoms with Crippen molar-refractivity contribution in [2.75, 3.05) is 11.5 Å². The largest absolute Gasteiger partial charge is 0.493 e. The van der Waals surface area contributed by atoms with Crippen molar-refractivity contribution < 1.29 is 14.3 Å². The quantitative estimate of drug-likeness (QED) is 0.344. The second-order valence-electron chi connectivity index (χ2n) is 7.02. The molecule has 0 aromatic heterocycles. The maximum absolute atomic E-state index is 13.3. The van der Waals surface area contributed by atoms with E-state index in [2.05, 4.69) is 5.32 Å². The summed E-state index contributed by atoms with van der Waals surface area (Å²) >= 11 is 11.5. The van der Waals surface area contributed by atoms with Gasteiger partial charge in [0.05, 0.1) is 12.3 Å². The molecule has 3 aromatic carbocycles. The molecule has 0 atom stereocenters. The number of rotatable bonds is 4. The maximum atomic E-state index is 13.3. The summed E-state index contributed by atoms with van der Waals surface area (Å²) in [6.07, 6.45) is 1.58. The van der Waals surface area contributed by atoms with Gasteiger partial charge < -0.3 is 4.74 Å². The summed E-state index contributed by atoms with van der Waals surface area (Å²) in [5, 5.41) is 4.91. The molecule has 0 aliphatic carbocycles. The van der Waals surface area contributed by atoms with Gasteiger partial charge >= 0.3 is 0 Å². The number of carbonyl (C=O) groups excluding carboxylic acids is 2. The van der Waals surface area contributed by atoms with Crippen LogP contribution in [-0.2, 0) is 9.59 Å². The summed E-state index contributed by atoms with van der Waals surface area (Å²) in [4.78, 5) is 27.2. The smallest absolute Gasteiger partial charge is 0.270 e. The molecule has 0 radical (unpaired) electrons. The first-order chi connectivity index (χ1) is 14.9. The van der Waals surface area contributed by atoms with Crippen molar-refractivity contribution in [3.8, 4) is 5.75 Å². The Kier molecular flexibility index (Phi) is 5.76. The Hall–Kier alpha value is -3.22. The Labute approximate surface area is 190 Å². The molecule has 1 aliphatic heterocycles. The highest BCUT2D eigenvalue weighted by molar-refractivity contribution is 7.80. The number of carbonyl (C=O) groups is 2. The van der Waals surface area contributed by atoms with Gasteiger partial charge in [-0.1, -0.05) is 48.0 Å². The molecule has 4 rings (SSSR count). The van der Waals surface area contributed by atoms with Crippen molar-refractivity contribution in [2.24, 2.45) is 0 Å². The molecule has 7 heteroatoms. The van der Waals surface area contributed by atoms with Crippen LogP contribution in [0.3, 0.4) is 0 Å². The van der Waals surface area contributed by atoms with Crippen LogP contribution in [0.4, 0.5) is 5.69 Å². The number of thiocarbonyl (C=S) groups is 1. The monoisotopic (exact) mass is 450 g/mol. The predicted molar refractivity (Wildman–Crippen MR) is 128 cm³/mol. The van der Waals surface area contributed by atoms with Crippen molar-refractivity contribution >= 4 is 63.3 Å². The molecule has 0 saturated carbocycles. The number of hydrogen-bond donors (Lipinski definition) is 1. The minimum atomic E-state index is -0.539. The zero-order chi connectivity index (χ0) is 22.1. The lowest BCUT2D eigenvalue weighted by Gasteiger charge is -2.29. The topological polar surface area (TPSA) is 58.6 Å². The Morgan fingerprint density at radius 3 is 2.55 bits per heavy atom. The minimum Gasteiger partial charge on any atom is -0.493 e. The highest BCUT2D eigenvalue weighted by Gasteiger charge is 2.34. The maximum Gasteiger partial charge on any atom is 0.270 e. The molecule has 0 unspecified atom stereocenters. The zero-order valence-electron chi connectivity index (χ0n) is 16.9. The number of ether oxygens (including phenoxy) is 1. The third-order valence-electron chi connectivity index (χ3n) is 5.03. The fraction of sp³-hybridized carbons (Fsp3) is 0.125. The van der Waals surface area contributed by atoms with E-state index in [-0.39, 0.29) is 10.7 Å². The van der Waals surface area contributed by atoms with E-state index in [9.17, 15) is 9.59 Å². The molecule has 1 aliphatic rings. The van der Waals surface area contributed by atoms with E-state index >= 15 is 0 Å². The molecule has 156 valence electrons. The number of anilines is 1. The van der Waals surface area contributed by atoms with Gasteiger partial charge in [0.25, 0.3) is 11.8 Å². The molecule has 1 N–H and O–H groups in total. The third kappa shape index (κ3) is 3.92. The van der Waals surface area contributed by atoms with Crippen molar-refractivity contribution in [1.29, 1.82) is 0 Å². The van der Waals surface area contributed by atoms with Gasteiger partial charge in [0.2, 0.25) is 0 Å². The standard InChI is InChI=1S/C24H19ClN2O3S/c1-3-30-21-11-9-15(17-6-4-5-7-18(17)21)12-19-22(28)26-24(31)27(23(19)29)16-10-8-14(2)20(25)13-16/h4-13H,3H2,1-2H3,(H,26,28,31)/b19-12+. The van der Waals surface area contributed by atoms with Gasteiger partial charge in [-0.25, -0.2) is 0 Å². The molecule has 1 heterocycles. The van der Waals surface area contributed by atoms with E-state index < -0.39 is 11.8 Å². The Balaban J connectivity index is 1.81. The van der Waals surface area contributed by atoms with Crippen molar-refractivity contribution in [3.63, 3.8) is 0 Å². The van der Waals surface area contributed by atoms with Crippen LogP contribution in [0.25, 0.3) is 16.8 Å². The number of amides is 2. The summed E-state index contributed by atoms with van der Waals surface area (Å²) in [7, 11) is 0. The first kappa shape index (κ1) is 21.0. The fourth-order valence-corrected chi connectivity index (χ4v) is 3.93. The molecule has 31 heavy (non-hydrogen) atoms. The minimum absolute atomic E-state index is 0.0142. The van der Waals surface area contributed by atoms with Crippen molar-refractivity contribution in [2.45, 2.75) is 13.8 Å². The van der Waals surface area contributed by atoms with Gasteiger partial charge in [-0.05, 0) is 66.9 Å². The Morgan fingerprint density at radius 2 is 1.84 bits per heavy atom. The van der Waals surface area contributed by atoms with Crippen LogP contribution in [-0.4, -0.2) is 23.5 Å². The fourth-order valence-electron chi connectivity index (χ4n) is 3.47. The van der Waals surface area contributed by atoms with Gasteiger partial charge in [-0.2, -0.15) is 0 Å². The van der Waals surface area contributed by atoms with E-state index in [0.29, 0.717) is 17.3 Å². The predicted octanol–water partition coefficient (Wildman–Crippen LogP) is 5.03. The molecule has 1 saturated heterocycles. The van der Waals surface area contributed by atoms with E-state index in [1.165, 1.54) is 4.90 Å². The first-order valence-corrected chi connectivity index (χ1v) is 10.5. The number of benzene rings is 3. The average Bonchev–Trinajstić information content (AvgIpc) is 2.75. The third-order valence-corrected chi connectivity index (χ3v) is 5.72. The van der Waals surface area contributed by atoms with E-state index in [1.807, 2.05) is 50.2 Å². The van der Waals surface area contributed by atoms with Crippen LogP contribution < -0.4 is 15.0 Å². The second kappa shape index (κ2) is 8.49. The Bertz CT molecular complexity index is 1270. The van der Waals surface area contributed by atoms with Crippen LogP contribution in [0, 0.1) is 6.92 Å². The van der Waals surface area contributed by atoms with Crippen LogP contribution in [0.5, 0.6) is 5.75 Å². The second-order valence-corrected chi connectivity index (χ2v) is 7.82. The first-order valence-electron chi connectivity index (χ1n) is 9.73. The van der Waals surface area contributed by atoms with Gasteiger partial charge in [0.1, 0.15) is 11.3 Å².